The smallest absolute Gasteiger partial charge is 0.255 e. The molecule has 1 saturated heterocycles. The van der Waals surface area contributed by atoms with Gasteiger partial charge in [0.1, 0.15) is 0 Å². The van der Waals surface area contributed by atoms with Gasteiger partial charge < -0.3 is 10.2 Å². The lowest BCUT2D eigenvalue weighted by molar-refractivity contribution is 0.0761. The molecule has 1 heterocycles. The molecule has 1 aliphatic heterocycles. The Morgan fingerprint density at radius 3 is 2.17 bits per heavy atom. The van der Waals surface area contributed by atoms with Gasteiger partial charge in [-0.3, -0.25) is 9.59 Å². The molecule has 1 fully saturated rings. The first-order valence-corrected chi connectivity index (χ1v) is 8.50. The maximum absolute atomic E-state index is 12.7. The second-order valence-corrected chi connectivity index (χ2v) is 6.11. The zero-order chi connectivity index (χ0) is 16.8. The lowest BCUT2D eigenvalue weighted by atomic mass is 10.1. The van der Waals surface area contributed by atoms with Crippen LogP contribution < -0.4 is 5.32 Å². The van der Waals surface area contributed by atoms with Gasteiger partial charge in [-0.15, -0.1) is 0 Å². The van der Waals surface area contributed by atoms with Gasteiger partial charge in [0, 0.05) is 29.9 Å². The highest BCUT2D eigenvalue weighted by Crippen LogP contribution is 2.17. The van der Waals surface area contributed by atoms with Crippen LogP contribution in [0.1, 0.15) is 46.4 Å². The molecule has 1 aliphatic rings. The molecule has 4 heteroatoms. The molecule has 0 unspecified atom stereocenters. The number of rotatable bonds is 3. The highest BCUT2D eigenvalue weighted by molar-refractivity contribution is 6.05. The summed E-state index contributed by atoms with van der Waals surface area (Å²) in [6, 6.07) is 16.2. The van der Waals surface area contributed by atoms with Gasteiger partial charge >= 0.3 is 0 Å². The molecule has 0 aromatic heterocycles. The number of likely N-dealkylation sites (tertiary alicyclic amines) is 1. The number of nitrogens with one attached hydrogen (secondary N) is 1. The Kier molecular flexibility index (Phi) is 5.26. The van der Waals surface area contributed by atoms with Crippen molar-refractivity contribution in [2.24, 2.45) is 0 Å². The fraction of sp³-hybridized carbons (Fsp3) is 0.300. The Morgan fingerprint density at radius 1 is 0.792 bits per heavy atom. The zero-order valence-electron chi connectivity index (χ0n) is 13.7. The summed E-state index contributed by atoms with van der Waals surface area (Å²) in [5.74, 6) is -0.123. The Balaban J connectivity index is 1.71. The highest BCUT2D eigenvalue weighted by atomic mass is 16.2. The van der Waals surface area contributed by atoms with E-state index in [0.717, 1.165) is 25.9 Å². The predicted octanol–water partition coefficient (Wildman–Crippen LogP) is 3.96. The quantitative estimate of drug-likeness (QED) is 0.930. The van der Waals surface area contributed by atoms with Crippen LogP contribution in [0.2, 0.25) is 0 Å². The lowest BCUT2D eigenvalue weighted by Gasteiger charge is -2.20. The highest BCUT2D eigenvalue weighted by Gasteiger charge is 2.17. The van der Waals surface area contributed by atoms with Crippen molar-refractivity contribution in [3.63, 3.8) is 0 Å². The van der Waals surface area contributed by atoms with Gasteiger partial charge in [-0.1, -0.05) is 37.1 Å². The molecule has 2 amide bonds. The largest absolute Gasteiger partial charge is 0.339 e. The van der Waals surface area contributed by atoms with Crippen molar-refractivity contribution in [3.8, 4) is 0 Å². The van der Waals surface area contributed by atoms with Crippen LogP contribution in [0.3, 0.4) is 0 Å². The van der Waals surface area contributed by atoms with Crippen LogP contribution in [-0.4, -0.2) is 29.8 Å². The normalized spacial score (nSPS) is 14.8. The summed E-state index contributed by atoms with van der Waals surface area (Å²) in [6.45, 7) is 1.64. The topological polar surface area (TPSA) is 49.4 Å². The van der Waals surface area contributed by atoms with Crippen LogP contribution in [0.25, 0.3) is 0 Å². The van der Waals surface area contributed by atoms with Gasteiger partial charge in [-0.2, -0.15) is 0 Å². The summed E-state index contributed by atoms with van der Waals surface area (Å²) in [6.07, 6.45) is 4.51. The fourth-order valence-electron chi connectivity index (χ4n) is 2.98. The second-order valence-electron chi connectivity index (χ2n) is 6.11. The average molecular weight is 322 g/mol. The maximum atomic E-state index is 12.7. The van der Waals surface area contributed by atoms with E-state index in [9.17, 15) is 9.59 Å². The Bertz CT molecular complexity index is 705. The molecular weight excluding hydrogens is 300 g/mol. The van der Waals surface area contributed by atoms with E-state index in [2.05, 4.69) is 5.32 Å². The van der Waals surface area contributed by atoms with Crippen molar-refractivity contribution in [2.45, 2.75) is 25.7 Å². The van der Waals surface area contributed by atoms with Crippen LogP contribution in [0, 0.1) is 0 Å². The third-order valence-corrected chi connectivity index (χ3v) is 4.30. The summed E-state index contributed by atoms with van der Waals surface area (Å²) in [4.78, 5) is 26.8. The number of carbonyl (C=O) groups is 2. The molecule has 24 heavy (non-hydrogen) atoms. The minimum absolute atomic E-state index is 0.0488. The predicted molar refractivity (Wildman–Crippen MR) is 95.2 cm³/mol. The van der Waals surface area contributed by atoms with E-state index in [1.54, 1.807) is 24.3 Å². The van der Waals surface area contributed by atoms with Crippen molar-refractivity contribution in [3.05, 3.63) is 65.7 Å². The van der Waals surface area contributed by atoms with Gasteiger partial charge in [0.05, 0.1) is 0 Å². The van der Waals surface area contributed by atoms with E-state index < -0.39 is 0 Å². The van der Waals surface area contributed by atoms with Crippen molar-refractivity contribution in [1.82, 2.24) is 4.90 Å². The Morgan fingerprint density at radius 2 is 1.46 bits per heavy atom. The summed E-state index contributed by atoms with van der Waals surface area (Å²) in [5.41, 5.74) is 1.87. The summed E-state index contributed by atoms with van der Waals surface area (Å²) in [5, 5.41) is 2.86. The minimum Gasteiger partial charge on any atom is -0.339 e. The molecule has 0 saturated carbocycles. The number of hydrogen-bond donors (Lipinski definition) is 1. The monoisotopic (exact) mass is 322 g/mol. The minimum atomic E-state index is -0.171. The second kappa shape index (κ2) is 7.77. The lowest BCUT2D eigenvalue weighted by Crippen LogP contribution is -2.31. The molecule has 3 rings (SSSR count). The number of anilines is 1. The Labute approximate surface area is 142 Å². The van der Waals surface area contributed by atoms with Gasteiger partial charge in [-0.25, -0.2) is 0 Å². The van der Waals surface area contributed by atoms with Gasteiger partial charge in [0.15, 0.2) is 0 Å². The van der Waals surface area contributed by atoms with Gasteiger partial charge in [-0.05, 0) is 43.2 Å². The molecule has 0 radical (unpaired) electrons. The Hall–Kier alpha value is -2.62. The van der Waals surface area contributed by atoms with Crippen LogP contribution in [0.5, 0.6) is 0 Å². The first-order chi connectivity index (χ1) is 11.7. The number of nitrogens with zero attached hydrogens (tertiary/aromatic N) is 1. The first-order valence-electron chi connectivity index (χ1n) is 8.50. The SMILES string of the molecule is O=C(Nc1cccc(C(=O)N2CCCCCC2)c1)c1ccccc1. The van der Waals surface area contributed by atoms with Crippen LogP contribution in [0.4, 0.5) is 5.69 Å². The van der Waals surface area contributed by atoms with Crippen molar-refractivity contribution in [2.75, 3.05) is 18.4 Å². The van der Waals surface area contributed by atoms with E-state index in [-0.39, 0.29) is 11.8 Å². The van der Waals surface area contributed by atoms with Crippen molar-refractivity contribution in [1.29, 1.82) is 0 Å². The fourth-order valence-corrected chi connectivity index (χ4v) is 2.98. The molecule has 4 nitrogen and oxygen atoms in total. The number of hydrogen-bond acceptors (Lipinski definition) is 2. The molecule has 124 valence electrons. The molecule has 0 atom stereocenters. The average Bonchev–Trinajstić information content (AvgIpc) is 2.91. The third-order valence-electron chi connectivity index (χ3n) is 4.30. The molecule has 0 bridgehead atoms. The molecule has 2 aromatic rings. The number of amides is 2. The van der Waals surface area contributed by atoms with Crippen molar-refractivity contribution < 1.29 is 9.59 Å². The zero-order valence-corrected chi connectivity index (χ0v) is 13.7. The van der Waals surface area contributed by atoms with E-state index in [4.69, 9.17) is 0 Å². The van der Waals surface area contributed by atoms with Gasteiger partial charge in [0.25, 0.3) is 11.8 Å². The standard InChI is InChI=1S/C20H22N2O2/c23-19(16-9-4-3-5-10-16)21-18-12-8-11-17(15-18)20(24)22-13-6-1-2-7-14-22/h3-5,8-12,15H,1-2,6-7,13-14H2,(H,21,23). The third kappa shape index (κ3) is 4.02. The van der Waals surface area contributed by atoms with E-state index >= 15 is 0 Å². The number of benzene rings is 2. The van der Waals surface area contributed by atoms with Crippen LogP contribution >= 0.6 is 0 Å². The van der Waals surface area contributed by atoms with Crippen LogP contribution in [-0.2, 0) is 0 Å². The molecule has 2 aromatic carbocycles. The van der Waals surface area contributed by atoms with Crippen LogP contribution in [0.15, 0.2) is 54.6 Å². The first kappa shape index (κ1) is 16.2. The van der Waals surface area contributed by atoms with E-state index in [1.165, 1.54) is 12.8 Å². The number of carbonyl (C=O) groups excluding carboxylic acids is 2. The van der Waals surface area contributed by atoms with Crippen molar-refractivity contribution >= 4 is 17.5 Å². The van der Waals surface area contributed by atoms with E-state index in [1.807, 2.05) is 35.2 Å². The summed E-state index contributed by atoms with van der Waals surface area (Å²) >= 11 is 0. The maximum Gasteiger partial charge on any atom is 0.255 e. The molecule has 1 N–H and O–H groups in total. The molecular formula is C20H22N2O2. The summed E-state index contributed by atoms with van der Waals surface area (Å²) in [7, 11) is 0. The summed E-state index contributed by atoms with van der Waals surface area (Å²) < 4.78 is 0. The molecule has 0 aliphatic carbocycles. The van der Waals surface area contributed by atoms with E-state index in [0.29, 0.717) is 16.8 Å². The van der Waals surface area contributed by atoms with Gasteiger partial charge in [0.2, 0.25) is 0 Å². The molecule has 0 spiro atoms.